The number of carbonyl (C=O) groups is 1. The van der Waals surface area contributed by atoms with E-state index < -0.39 is 0 Å². The van der Waals surface area contributed by atoms with E-state index in [1.54, 1.807) is 12.1 Å². The minimum absolute atomic E-state index is 0.208. The van der Waals surface area contributed by atoms with Gasteiger partial charge in [0.2, 0.25) is 0 Å². The Morgan fingerprint density at radius 1 is 1.00 bits per heavy atom. The molecule has 0 radical (unpaired) electrons. The van der Waals surface area contributed by atoms with Crippen LogP contribution in [0.3, 0.4) is 0 Å². The molecule has 0 spiro atoms. The number of hydrogen-bond donors (Lipinski definition) is 1. The van der Waals surface area contributed by atoms with Crippen LogP contribution in [0.2, 0.25) is 0 Å². The van der Waals surface area contributed by atoms with Gasteiger partial charge in [-0.3, -0.25) is 4.79 Å². The third kappa shape index (κ3) is 2.57. The number of anilines is 1. The van der Waals surface area contributed by atoms with Gasteiger partial charge in [-0.05, 0) is 49.2 Å². The molecular weight excluding hydrogens is 224 g/mol. The fourth-order valence-electron chi connectivity index (χ4n) is 1.93. The third-order valence-corrected chi connectivity index (χ3v) is 2.72. The molecule has 0 atom stereocenters. The van der Waals surface area contributed by atoms with Crippen LogP contribution in [-0.2, 0) is 0 Å². The van der Waals surface area contributed by atoms with Crippen LogP contribution in [0.15, 0.2) is 48.5 Å². The van der Waals surface area contributed by atoms with Crippen molar-refractivity contribution < 1.29 is 4.79 Å². The van der Waals surface area contributed by atoms with Gasteiger partial charge < -0.3 is 0 Å². The molecule has 0 saturated heterocycles. The Balaban J connectivity index is 2.31. The van der Waals surface area contributed by atoms with E-state index in [-0.39, 0.29) is 5.91 Å². The zero-order valence-electron chi connectivity index (χ0n) is 10.6. The maximum absolute atomic E-state index is 12.2. The molecule has 0 aromatic heterocycles. The van der Waals surface area contributed by atoms with Crippen molar-refractivity contribution in [3.63, 3.8) is 0 Å². The fourth-order valence-corrected chi connectivity index (χ4v) is 1.93. The lowest BCUT2D eigenvalue weighted by Gasteiger charge is -2.18. The van der Waals surface area contributed by atoms with Crippen molar-refractivity contribution in [3.05, 3.63) is 65.2 Å². The molecule has 2 rings (SSSR count). The number of benzene rings is 2. The highest BCUT2D eigenvalue weighted by molar-refractivity contribution is 6.05. The summed E-state index contributed by atoms with van der Waals surface area (Å²) in [5.41, 5.74) is 3.46. The molecule has 0 aliphatic carbocycles. The van der Waals surface area contributed by atoms with Gasteiger partial charge in [0.05, 0.1) is 5.69 Å². The minimum atomic E-state index is -0.208. The Kier molecular flexibility index (Phi) is 3.44. The smallest absolute Gasteiger partial charge is 0.267 e. The fraction of sp³-hybridized carbons (Fsp3) is 0.133. The molecule has 2 N–H and O–H groups in total. The van der Waals surface area contributed by atoms with Crippen LogP contribution in [0, 0.1) is 13.8 Å². The lowest BCUT2D eigenvalue weighted by molar-refractivity contribution is 0.0987. The second kappa shape index (κ2) is 5.02. The number of nitrogens with zero attached hydrogens (tertiary/aromatic N) is 1. The topological polar surface area (TPSA) is 46.3 Å². The quantitative estimate of drug-likeness (QED) is 0.498. The highest BCUT2D eigenvalue weighted by atomic mass is 16.2. The van der Waals surface area contributed by atoms with Gasteiger partial charge in [0.25, 0.3) is 5.91 Å². The van der Waals surface area contributed by atoms with Gasteiger partial charge in [0.15, 0.2) is 0 Å². The van der Waals surface area contributed by atoms with Crippen LogP contribution in [0.4, 0.5) is 5.69 Å². The first-order chi connectivity index (χ1) is 8.58. The van der Waals surface area contributed by atoms with E-state index in [0.29, 0.717) is 11.3 Å². The first kappa shape index (κ1) is 12.3. The van der Waals surface area contributed by atoms with Crippen LogP contribution in [0.5, 0.6) is 0 Å². The predicted octanol–water partition coefficient (Wildman–Crippen LogP) is 2.82. The number of nitrogens with two attached hydrogens (primary N) is 1. The van der Waals surface area contributed by atoms with Crippen molar-refractivity contribution in [1.82, 2.24) is 0 Å². The number of rotatable bonds is 2. The molecular formula is C15H16N2O. The number of aryl methyl sites for hydroxylation is 2. The average molecular weight is 240 g/mol. The van der Waals surface area contributed by atoms with Crippen LogP contribution < -0.4 is 10.9 Å². The molecule has 0 bridgehead atoms. The highest BCUT2D eigenvalue weighted by Crippen LogP contribution is 2.18. The number of hydrogen-bond acceptors (Lipinski definition) is 2. The summed E-state index contributed by atoms with van der Waals surface area (Å²) >= 11 is 0. The van der Waals surface area contributed by atoms with E-state index in [9.17, 15) is 4.79 Å². The van der Waals surface area contributed by atoms with Crippen LogP contribution >= 0.6 is 0 Å². The van der Waals surface area contributed by atoms with Crippen molar-refractivity contribution in [2.75, 3.05) is 5.01 Å². The van der Waals surface area contributed by atoms with E-state index in [2.05, 4.69) is 0 Å². The summed E-state index contributed by atoms with van der Waals surface area (Å²) in [6.45, 7) is 3.97. The highest BCUT2D eigenvalue weighted by Gasteiger charge is 2.14. The van der Waals surface area contributed by atoms with Crippen molar-refractivity contribution >= 4 is 11.6 Å². The van der Waals surface area contributed by atoms with Gasteiger partial charge in [0.1, 0.15) is 0 Å². The van der Waals surface area contributed by atoms with E-state index in [0.717, 1.165) is 11.1 Å². The SMILES string of the molecule is Cc1cc(C)cc(N(N)C(=O)c2ccccc2)c1. The number of carbonyl (C=O) groups excluding carboxylic acids is 1. The van der Waals surface area contributed by atoms with E-state index in [1.165, 1.54) is 5.01 Å². The van der Waals surface area contributed by atoms with Crippen LogP contribution in [0.1, 0.15) is 21.5 Å². The summed E-state index contributed by atoms with van der Waals surface area (Å²) in [6, 6.07) is 14.9. The van der Waals surface area contributed by atoms with Crippen molar-refractivity contribution in [2.24, 2.45) is 5.84 Å². The van der Waals surface area contributed by atoms with Crippen molar-refractivity contribution in [2.45, 2.75) is 13.8 Å². The summed E-state index contributed by atoms with van der Waals surface area (Å²) < 4.78 is 0. The van der Waals surface area contributed by atoms with Gasteiger partial charge in [-0.2, -0.15) is 0 Å². The van der Waals surface area contributed by atoms with Gasteiger partial charge >= 0.3 is 0 Å². The molecule has 0 fully saturated rings. The van der Waals surface area contributed by atoms with Gasteiger partial charge in [-0.15, -0.1) is 0 Å². The maximum atomic E-state index is 12.2. The van der Waals surface area contributed by atoms with Gasteiger partial charge in [0, 0.05) is 5.56 Å². The lowest BCUT2D eigenvalue weighted by Crippen LogP contribution is -2.37. The van der Waals surface area contributed by atoms with Crippen molar-refractivity contribution in [3.8, 4) is 0 Å². The summed E-state index contributed by atoms with van der Waals surface area (Å²) in [6.07, 6.45) is 0. The van der Waals surface area contributed by atoms with Crippen molar-refractivity contribution in [1.29, 1.82) is 0 Å². The second-order valence-corrected chi connectivity index (χ2v) is 4.39. The number of amides is 1. The molecule has 18 heavy (non-hydrogen) atoms. The van der Waals surface area contributed by atoms with E-state index in [4.69, 9.17) is 5.84 Å². The first-order valence-electron chi connectivity index (χ1n) is 5.80. The predicted molar refractivity (Wildman–Crippen MR) is 73.4 cm³/mol. The molecule has 3 heteroatoms. The summed E-state index contributed by atoms with van der Waals surface area (Å²) in [4.78, 5) is 12.2. The molecule has 3 nitrogen and oxygen atoms in total. The second-order valence-electron chi connectivity index (χ2n) is 4.39. The normalized spacial score (nSPS) is 10.2. The molecule has 2 aromatic rings. The number of hydrazine groups is 1. The molecule has 0 heterocycles. The first-order valence-corrected chi connectivity index (χ1v) is 5.80. The summed E-state index contributed by atoms with van der Waals surface area (Å²) in [5, 5.41) is 1.19. The molecule has 0 aliphatic heterocycles. The van der Waals surface area contributed by atoms with E-state index >= 15 is 0 Å². The summed E-state index contributed by atoms with van der Waals surface area (Å²) in [5.74, 6) is 5.68. The Hall–Kier alpha value is -2.13. The lowest BCUT2D eigenvalue weighted by atomic mass is 10.1. The van der Waals surface area contributed by atoms with Gasteiger partial charge in [-0.1, -0.05) is 24.3 Å². The molecule has 0 aliphatic rings. The minimum Gasteiger partial charge on any atom is -0.267 e. The Labute approximate surface area is 107 Å². The third-order valence-electron chi connectivity index (χ3n) is 2.72. The summed E-state index contributed by atoms with van der Waals surface area (Å²) in [7, 11) is 0. The Bertz CT molecular complexity index is 544. The van der Waals surface area contributed by atoms with Crippen LogP contribution in [0.25, 0.3) is 0 Å². The molecule has 92 valence electrons. The molecule has 0 unspecified atom stereocenters. The maximum Gasteiger partial charge on any atom is 0.272 e. The standard InChI is InChI=1S/C15H16N2O/c1-11-8-12(2)10-14(9-11)17(16)15(18)13-6-4-3-5-7-13/h3-10H,16H2,1-2H3. The molecule has 0 saturated carbocycles. The van der Waals surface area contributed by atoms with Gasteiger partial charge in [-0.25, -0.2) is 10.9 Å². The Morgan fingerprint density at radius 3 is 2.11 bits per heavy atom. The Morgan fingerprint density at radius 2 is 1.56 bits per heavy atom. The zero-order valence-corrected chi connectivity index (χ0v) is 10.6. The average Bonchev–Trinajstić information content (AvgIpc) is 2.37. The molecule has 2 aromatic carbocycles. The monoisotopic (exact) mass is 240 g/mol. The van der Waals surface area contributed by atoms with E-state index in [1.807, 2.05) is 50.2 Å². The zero-order chi connectivity index (χ0) is 13.1. The molecule has 1 amide bonds. The largest absolute Gasteiger partial charge is 0.272 e. The van der Waals surface area contributed by atoms with Crippen LogP contribution in [-0.4, -0.2) is 5.91 Å².